The predicted molar refractivity (Wildman–Crippen MR) is 118 cm³/mol. The van der Waals surface area contributed by atoms with Crippen molar-refractivity contribution in [2.75, 3.05) is 16.8 Å². The Morgan fingerprint density at radius 2 is 1.59 bits per heavy atom. The zero-order valence-electron chi connectivity index (χ0n) is 17.5. The van der Waals surface area contributed by atoms with E-state index in [1.807, 2.05) is 42.5 Å². The third-order valence-corrected chi connectivity index (χ3v) is 4.76. The fourth-order valence-electron chi connectivity index (χ4n) is 3.17. The van der Waals surface area contributed by atoms with E-state index in [2.05, 4.69) is 60.0 Å². The van der Waals surface area contributed by atoms with Crippen molar-refractivity contribution in [3.05, 3.63) is 83.7 Å². The number of anilines is 2. The molecule has 5 nitrogen and oxygen atoms in total. The standard InChI is InChI=1S/C24H28N4O/c1-5-28(17-18-11-7-6-8-12-18)23-25-15-19(16-26-23)22(29)27-21-14-10-9-13-20(21)24(2,3)4/h6-16H,5,17H2,1-4H3,(H,27,29). The molecule has 0 unspecified atom stereocenters. The predicted octanol–water partition coefficient (Wildman–Crippen LogP) is 5.05. The zero-order valence-corrected chi connectivity index (χ0v) is 17.5. The molecule has 0 aliphatic heterocycles. The Balaban J connectivity index is 1.74. The van der Waals surface area contributed by atoms with E-state index in [0.29, 0.717) is 11.5 Å². The van der Waals surface area contributed by atoms with E-state index < -0.39 is 0 Å². The average molecular weight is 389 g/mol. The molecule has 1 heterocycles. The van der Waals surface area contributed by atoms with Crippen LogP contribution in [0.3, 0.4) is 0 Å². The monoisotopic (exact) mass is 388 g/mol. The summed E-state index contributed by atoms with van der Waals surface area (Å²) < 4.78 is 0. The first-order valence-electron chi connectivity index (χ1n) is 9.90. The molecule has 0 fully saturated rings. The van der Waals surface area contributed by atoms with Crippen LogP contribution in [0.25, 0.3) is 0 Å². The van der Waals surface area contributed by atoms with Crippen LogP contribution in [0.4, 0.5) is 11.6 Å². The SMILES string of the molecule is CCN(Cc1ccccc1)c1ncc(C(=O)Nc2ccccc2C(C)(C)C)cn1. The van der Waals surface area contributed by atoms with E-state index in [1.54, 1.807) is 12.4 Å². The van der Waals surface area contributed by atoms with Gasteiger partial charge in [0.05, 0.1) is 5.56 Å². The molecule has 0 spiro atoms. The maximum absolute atomic E-state index is 12.7. The third-order valence-electron chi connectivity index (χ3n) is 4.76. The van der Waals surface area contributed by atoms with E-state index in [9.17, 15) is 4.79 Å². The Bertz CT molecular complexity index is 947. The van der Waals surface area contributed by atoms with E-state index >= 15 is 0 Å². The number of carbonyl (C=O) groups excluding carboxylic acids is 1. The van der Waals surface area contributed by atoms with Gasteiger partial charge in [-0.25, -0.2) is 9.97 Å². The summed E-state index contributed by atoms with van der Waals surface area (Å²) in [6.07, 6.45) is 3.18. The van der Waals surface area contributed by atoms with Crippen LogP contribution in [0.1, 0.15) is 49.2 Å². The van der Waals surface area contributed by atoms with Crippen LogP contribution in [-0.2, 0) is 12.0 Å². The molecule has 0 saturated heterocycles. The zero-order chi connectivity index (χ0) is 20.9. The number of benzene rings is 2. The van der Waals surface area contributed by atoms with Crippen molar-refractivity contribution < 1.29 is 4.79 Å². The number of para-hydroxylation sites is 1. The Morgan fingerprint density at radius 1 is 0.966 bits per heavy atom. The molecule has 3 aromatic rings. The Morgan fingerprint density at radius 3 is 2.21 bits per heavy atom. The van der Waals surface area contributed by atoms with Gasteiger partial charge < -0.3 is 10.2 Å². The minimum absolute atomic E-state index is 0.0662. The van der Waals surface area contributed by atoms with Gasteiger partial charge in [0.25, 0.3) is 5.91 Å². The molecule has 0 aliphatic carbocycles. The third kappa shape index (κ3) is 5.19. The molecule has 0 aliphatic rings. The van der Waals surface area contributed by atoms with E-state index in [-0.39, 0.29) is 11.3 Å². The van der Waals surface area contributed by atoms with Gasteiger partial charge in [-0.05, 0) is 29.5 Å². The summed E-state index contributed by atoms with van der Waals surface area (Å²) in [5.41, 5.74) is 3.47. The number of nitrogens with zero attached hydrogens (tertiary/aromatic N) is 3. The van der Waals surface area contributed by atoms with Gasteiger partial charge in [-0.3, -0.25) is 4.79 Å². The lowest BCUT2D eigenvalue weighted by Crippen LogP contribution is -2.24. The summed E-state index contributed by atoms with van der Waals surface area (Å²) in [6.45, 7) is 9.95. The molecule has 0 bridgehead atoms. The minimum atomic E-state index is -0.209. The highest BCUT2D eigenvalue weighted by atomic mass is 16.1. The average Bonchev–Trinajstić information content (AvgIpc) is 2.72. The molecule has 0 saturated carbocycles. The number of aromatic nitrogens is 2. The topological polar surface area (TPSA) is 58.1 Å². The number of hydrogen-bond donors (Lipinski definition) is 1. The van der Waals surface area contributed by atoms with Gasteiger partial charge >= 0.3 is 0 Å². The van der Waals surface area contributed by atoms with Crippen LogP contribution in [0, 0.1) is 0 Å². The molecule has 5 heteroatoms. The molecule has 2 aromatic carbocycles. The molecule has 150 valence electrons. The Hall–Kier alpha value is -3.21. The summed E-state index contributed by atoms with van der Waals surface area (Å²) in [5, 5.41) is 3.00. The summed E-state index contributed by atoms with van der Waals surface area (Å²) in [4.78, 5) is 23.7. The van der Waals surface area contributed by atoms with Crippen LogP contribution in [-0.4, -0.2) is 22.4 Å². The van der Waals surface area contributed by atoms with Gasteiger partial charge in [-0.1, -0.05) is 69.3 Å². The molecule has 29 heavy (non-hydrogen) atoms. The maximum atomic E-state index is 12.7. The van der Waals surface area contributed by atoms with Crippen LogP contribution >= 0.6 is 0 Å². The van der Waals surface area contributed by atoms with Crippen molar-refractivity contribution in [2.24, 2.45) is 0 Å². The molecular formula is C24H28N4O. The highest BCUT2D eigenvalue weighted by Gasteiger charge is 2.19. The van der Waals surface area contributed by atoms with E-state index in [4.69, 9.17) is 0 Å². The van der Waals surface area contributed by atoms with Gasteiger partial charge in [-0.15, -0.1) is 0 Å². The van der Waals surface area contributed by atoms with Crippen molar-refractivity contribution in [3.8, 4) is 0 Å². The van der Waals surface area contributed by atoms with Crippen LogP contribution < -0.4 is 10.2 Å². The molecule has 3 rings (SSSR count). The number of nitrogens with one attached hydrogen (secondary N) is 1. The molecule has 0 atom stereocenters. The van der Waals surface area contributed by atoms with Gasteiger partial charge in [0, 0.05) is 31.2 Å². The number of carbonyl (C=O) groups is 1. The summed E-state index contributed by atoms with van der Waals surface area (Å²) >= 11 is 0. The lowest BCUT2D eigenvalue weighted by atomic mass is 9.86. The van der Waals surface area contributed by atoms with E-state index in [0.717, 1.165) is 24.3 Å². The maximum Gasteiger partial charge on any atom is 0.258 e. The Kier molecular flexibility index (Phi) is 6.27. The van der Waals surface area contributed by atoms with Crippen LogP contribution in [0.15, 0.2) is 67.0 Å². The number of hydrogen-bond acceptors (Lipinski definition) is 4. The Labute approximate surface area is 172 Å². The second kappa shape index (κ2) is 8.86. The van der Waals surface area contributed by atoms with Crippen molar-refractivity contribution in [1.82, 2.24) is 9.97 Å². The lowest BCUT2D eigenvalue weighted by molar-refractivity contribution is 0.102. The van der Waals surface area contributed by atoms with Gasteiger partial charge in [-0.2, -0.15) is 0 Å². The lowest BCUT2D eigenvalue weighted by Gasteiger charge is -2.23. The van der Waals surface area contributed by atoms with Crippen molar-refractivity contribution in [2.45, 2.75) is 39.7 Å². The van der Waals surface area contributed by atoms with E-state index in [1.165, 1.54) is 5.56 Å². The van der Waals surface area contributed by atoms with Crippen molar-refractivity contribution >= 4 is 17.5 Å². The second-order valence-electron chi connectivity index (χ2n) is 8.02. The highest BCUT2D eigenvalue weighted by molar-refractivity contribution is 6.04. The van der Waals surface area contributed by atoms with Crippen molar-refractivity contribution in [3.63, 3.8) is 0 Å². The highest BCUT2D eigenvalue weighted by Crippen LogP contribution is 2.29. The van der Waals surface area contributed by atoms with Crippen molar-refractivity contribution in [1.29, 1.82) is 0 Å². The quantitative estimate of drug-likeness (QED) is 0.642. The van der Waals surface area contributed by atoms with Gasteiger partial charge in [0.15, 0.2) is 0 Å². The first kappa shape index (κ1) is 20.5. The van der Waals surface area contributed by atoms with Crippen LogP contribution in [0.2, 0.25) is 0 Å². The fourth-order valence-corrected chi connectivity index (χ4v) is 3.17. The van der Waals surface area contributed by atoms with Gasteiger partial charge in [0.2, 0.25) is 5.95 Å². The second-order valence-corrected chi connectivity index (χ2v) is 8.02. The number of rotatable bonds is 6. The smallest absolute Gasteiger partial charge is 0.258 e. The van der Waals surface area contributed by atoms with Gasteiger partial charge in [0.1, 0.15) is 0 Å². The molecular weight excluding hydrogens is 360 g/mol. The fraction of sp³-hybridized carbons (Fsp3) is 0.292. The molecule has 1 aromatic heterocycles. The first-order chi connectivity index (χ1) is 13.9. The normalized spacial score (nSPS) is 11.2. The summed E-state index contributed by atoms with van der Waals surface area (Å²) in [6, 6.07) is 18.1. The number of amides is 1. The molecule has 0 radical (unpaired) electrons. The first-order valence-corrected chi connectivity index (χ1v) is 9.90. The summed E-state index contributed by atoms with van der Waals surface area (Å²) in [7, 11) is 0. The largest absolute Gasteiger partial charge is 0.337 e. The molecule has 1 N–H and O–H groups in total. The minimum Gasteiger partial charge on any atom is -0.337 e. The molecule has 1 amide bonds. The van der Waals surface area contributed by atoms with Crippen LogP contribution in [0.5, 0.6) is 0 Å². The summed E-state index contributed by atoms with van der Waals surface area (Å²) in [5.74, 6) is 0.405.